The first-order valence-corrected chi connectivity index (χ1v) is 13.6. The smallest absolute Gasteiger partial charge is 0.272 e. The Kier molecular flexibility index (Phi) is 5.76. The molecule has 4 aromatic carbocycles. The molecule has 4 aromatic rings. The number of hydrogen-bond donors (Lipinski definition) is 0. The van der Waals surface area contributed by atoms with Gasteiger partial charge in [-0.15, -0.1) is 0 Å². The maximum absolute atomic E-state index is 14.4. The number of imide groups is 1. The third-order valence-electron chi connectivity index (χ3n) is 8.48. The zero-order chi connectivity index (χ0) is 28.4. The minimum Gasteiger partial charge on any atom is -0.272 e. The van der Waals surface area contributed by atoms with Crippen molar-refractivity contribution in [2.24, 2.45) is 11.8 Å². The largest absolute Gasteiger partial charge is 0.282 e. The minimum absolute atomic E-state index is 0.159. The lowest BCUT2D eigenvalue weighted by Crippen LogP contribution is -2.50. The summed E-state index contributed by atoms with van der Waals surface area (Å²) in [5, 5.41) is 14.3. The fraction of sp³-hybridized carbons (Fsp3) is 0.156. The lowest BCUT2D eigenvalue weighted by Gasteiger charge is -2.45. The fourth-order valence-electron chi connectivity index (χ4n) is 6.85. The molecule has 8 nitrogen and oxygen atoms in total. The lowest BCUT2D eigenvalue weighted by molar-refractivity contribution is -0.385. The molecule has 3 amide bonds. The van der Waals surface area contributed by atoms with E-state index in [2.05, 4.69) is 0 Å². The minimum atomic E-state index is -0.810. The van der Waals surface area contributed by atoms with Gasteiger partial charge in [-0.3, -0.25) is 24.5 Å². The number of carbonyl (C=O) groups excluding carboxylic acids is 3. The summed E-state index contributed by atoms with van der Waals surface area (Å²) in [6, 6.07) is 28.0. The highest BCUT2D eigenvalue weighted by Gasteiger charge is 2.63. The standard InChI is InChI=1S/C32H22ClN3O5/c33-19-15-13-18(14-16-19)17-34(30(37)24-11-5-6-12-25(24)36(40)41)35-31(38)28-26-20-7-1-2-8-21(20)27(29(28)32(35)39)23-10-4-3-9-22(23)26/h1-16,26-29H,17H2/t26?,27?,28-,29+. The van der Waals surface area contributed by atoms with Crippen molar-refractivity contribution in [1.29, 1.82) is 0 Å². The number of halogens is 1. The first-order valence-electron chi connectivity index (χ1n) is 13.2. The Hall–Kier alpha value is -4.82. The SMILES string of the molecule is O=C(c1ccccc1[N+](=O)[O-])N(Cc1ccc(Cl)cc1)N1C(=O)[C@@H]2C3c4ccccc4C(c4ccccc43)[C@@H]2C1=O. The summed E-state index contributed by atoms with van der Waals surface area (Å²) in [7, 11) is 0. The Morgan fingerprint density at radius 1 is 0.756 bits per heavy atom. The van der Waals surface area contributed by atoms with Crippen LogP contribution in [0.5, 0.6) is 0 Å². The maximum Gasteiger partial charge on any atom is 0.282 e. The maximum atomic E-state index is 14.4. The number of benzene rings is 4. The van der Waals surface area contributed by atoms with Gasteiger partial charge < -0.3 is 0 Å². The molecule has 0 aromatic heterocycles. The van der Waals surface area contributed by atoms with Crippen molar-refractivity contribution in [2.75, 3.05) is 0 Å². The average molecular weight is 564 g/mol. The van der Waals surface area contributed by atoms with E-state index in [1.807, 2.05) is 48.5 Å². The normalized spacial score (nSPS) is 21.7. The molecule has 0 radical (unpaired) electrons. The monoisotopic (exact) mass is 563 g/mol. The summed E-state index contributed by atoms with van der Waals surface area (Å²) in [5.41, 5.74) is 4.02. The van der Waals surface area contributed by atoms with Crippen LogP contribution in [-0.4, -0.2) is 32.7 Å². The Morgan fingerprint density at radius 2 is 1.22 bits per heavy atom. The Bertz CT molecular complexity index is 1660. The third kappa shape index (κ3) is 3.71. The highest BCUT2D eigenvalue weighted by atomic mass is 35.5. The van der Waals surface area contributed by atoms with Gasteiger partial charge in [0.25, 0.3) is 23.4 Å². The average Bonchev–Trinajstić information content (AvgIpc) is 3.26. The van der Waals surface area contributed by atoms with Gasteiger partial charge in [0.1, 0.15) is 5.56 Å². The van der Waals surface area contributed by atoms with E-state index in [0.717, 1.165) is 32.3 Å². The molecule has 1 saturated heterocycles. The first-order chi connectivity index (χ1) is 19.9. The van der Waals surface area contributed by atoms with Crippen LogP contribution >= 0.6 is 11.6 Å². The fourth-order valence-corrected chi connectivity index (χ4v) is 6.97. The predicted octanol–water partition coefficient (Wildman–Crippen LogP) is 5.70. The highest BCUT2D eigenvalue weighted by Crippen LogP contribution is 2.61. The van der Waals surface area contributed by atoms with Crippen LogP contribution in [0.2, 0.25) is 5.02 Å². The second kappa shape index (κ2) is 9.38. The summed E-state index contributed by atoms with van der Waals surface area (Å²) in [4.78, 5) is 54.0. The van der Waals surface area contributed by atoms with E-state index in [4.69, 9.17) is 11.6 Å². The molecule has 0 N–H and O–H groups in total. The summed E-state index contributed by atoms with van der Waals surface area (Å²) in [6.07, 6.45) is 0. The molecule has 1 heterocycles. The number of nitro groups is 1. The van der Waals surface area contributed by atoms with Gasteiger partial charge in [-0.2, -0.15) is 5.01 Å². The van der Waals surface area contributed by atoms with Crippen molar-refractivity contribution in [2.45, 2.75) is 18.4 Å². The molecule has 0 spiro atoms. The predicted molar refractivity (Wildman–Crippen MR) is 150 cm³/mol. The van der Waals surface area contributed by atoms with E-state index in [9.17, 15) is 24.5 Å². The van der Waals surface area contributed by atoms with Crippen molar-refractivity contribution in [3.63, 3.8) is 0 Å². The van der Waals surface area contributed by atoms with Gasteiger partial charge in [-0.1, -0.05) is 84.4 Å². The molecule has 9 heteroatoms. The van der Waals surface area contributed by atoms with Crippen LogP contribution in [0.4, 0.5) is 5.69 Å². The Balaban J connectivity index is 1.36. The number of amides is 3. The first kappa shape index (κ1) is 25.2. The van der Waals surface area contributed by atoms with Crippen LogP contribution in [0.3, 0.4) is 0 Å². The van der Waals surface area contributed by atoms with Gasteiger partial charge >= 0.3 is 0 Å². The molecule has 41 heavy (non-hydrogen) atoms. The Labute approximate surface area is 239 Å². The van der Waals surface area contributed by atoms with Gasteiger partial charge in [-0.05, 0) is 46.0 Å². The van der Waals surface area contributed by atoms with Gasteiger partial charge in [0, 0.05) is 22.9 Å². The number of nitrogens with zero attached hydrogens (tertiary/aromatic N) is 3. The molecule has 0 unspecified atom stereocenters. The Morgan fingerprint density at radius 3 is 1.71 bits per heavy atom. The van der Waals surface area contributed by atoms with Crippen molar-refractivity contribution in [3.8, 4) is 0 Å². The summed E-state index contributed by atoms with van der Waals surface area (Å²) in [5.74, 6) is -3.89. The molecule has 2 bridgehead atoms. The molecule has 3 aliphatic carbocycles. The van der Waals surface area contributed by atoms with Crippen LogP contribution in [0, 0.1) is 22.0 Å². The van der Waals surface area contributed by atoms with E-state index >= 15 is 0 Å². The van der Waals surface area contributed by atoms with E-state index in [0.29, 0.717) is 10.6 Å². The zero-order valence-corrected chi connectivity index (χ0v) is 22.3. The molecular weight excluding hydrogens is 542 g/mol. The van der Waals surface area contributed by atoms with E-state index < -0.39 is 40.2 Å². The number of nitro benzene ring substituents is 1. The van der Waals surface area contributed by atoms with Crippen molar-refractivity contribution < 1.29 is 19.3 Å². The van der Waals surface area contributed by atoms with E-state index in [1.165, 1.54) is 24.3 Å². The van der Waals surface area contributed by atoms with Gasteiger partial charge in [0.05, 0.1) is 23.3 Å². The zero-order valence-electron chi connectivity index (χ0n) is 21.5. The van der Waals surface area contributed by atoms with Crippen LogP contribution in [-0.2, 0) is 16.1 Å². The topological polar surface area (TPSA) is 101 Å². The second-order valence-corrected chi connectivity index (χ2v) is 11.0. The molecule has 1 fully saturated rings. The lowest BCUT2D eigenvalue weighted by atomic mass is 9.55. The summed E-state index contributed by atoms with van der Waals surface area (Å²) < 4.78 is 0. The summed E-state index contributed by atoms with van der Waals surface area (Å²) in [6.45, 7) is -0.159. The molecule has 8 rings (SSSR count). The number of hydrazine groups is 1. The van der Waals surface area contributed by atoms with Gasteiger partial charge in [-0.25, -0.2) is 5.01 Å². The van der Waals surface area contributed by atoms with Crippen LogP contribution in [0.1, 0.15) is 50.0 Å². The number of carbonyl (C=O) groups is 3. The van der Waals surface area contributed by atoms with Crippen LogP contribution in [0.25, 0.3) is 0 Å². The van der Waals surface area contributed by atoms with Crippen LogP contribution in [0.15, 0.2) is 97.1 Å². The molecule has 4 aliphatic rings. The third-order valence-corrected chi connectivity index (χ3v) is 8.73. The molecule has 1 aliphatic heterocycles. The second-order valence-electron chi connectivity index (χ2n) is 10.5. The number of para-hydroxylation sites is 1. The molecule has 2 atom stereocenters. The molecule has 202 valence electrons. The van der Waals surface area contributed by atoms with Crippen molar-refractivity contribution in [1.82, 2.24) is 10.0 Å². The number of rotatable bonds is 5. The van der Waals surface area contributed by atoms with Crippen molar-refractivity contribution in [3.05, 3.63) is 146 Å². The summed E-state index contributed by atoms with van der Waals surface area (Å²) >= 11 is 6.07. The van der Waals surface area contributed by atoms with E-state index in [-0.39, 0.29) is 23.9 Å². The molecular formula is C32H22ClN3O5. The van der Waals surface area contributed by atoms with E-state index in [1.54, 1.807) is 24.3 Å². The molecule has 0 saturated carbocycles. The van der Waals surface area contributed by atoms with Crippen LogP contribution < -0.4 is 0 Å². The van der Waals surface area contributed by atoms with Crippen molar-refractivity contribution >= 4 is 35.0 Å². The van der Waals surface area contributed by atoms with Gasteiger partial charge in [0.2, 0.25) is 0 Å². The number of hydrogen-bond acceptors (Lipinski definition) is 5. The highest BCUT2D eigenvalue weighted by molar-refractivity contribution is 6.30. The van der Waals surface area contributed by atoms with Gasteiger partial charge in [0.15, 0.2) is 0 Å². The quantitative estimate of drug-likeness (QED) is 0.176.